The Balaban J connectivity index is 1.51. The average molecular weight is 402 g/mol. The van der Waals surface area contributed by atoms with Gasteiger partial charge in [-0.1, -0.05) is 5.10 Å². The largest absolute Gasteiger partial charge is 0.497 e. The van der Waals surface area contributed by atoms with E-state index >= 15 is 0 Å². The first-order valence-corrected chi connectivity index (χ1v) is 10.0. The highest BCUT2D eigenvalue weighted by Gasteiger charge is 2.16. The lowest BCUT2D eigenvalue weighted by Gasteiger charge is -2.05. The molecule has 0 saturated heterocycles. The smallest absolute Gasteiger partial charge is 0.322 e. The molecule has 10 heteroatoms. The van der Waals surface area contributed by atoms with Crippen molar-refractivity contribution in [3.63, 3.8) is 0 Å². The van der Waals surface area contributed by atoms with Gasteiger partial charge >= 0.3 is 6.01 Å². The molecule has 3 rings (SSSR count). The Morgan fingerprint density at radius 1 is 1.11 bits per heavy atom. The molecular formula is C18H18N4O5S. The van der Waals surface area contributed by atoms with Crippen LogP contribution in [0.4, 0.5) is 6.01 Å². The second kappa shape index (κ2) is 8.61. The van der Waals surface area contributed by atoms with Gasteiger partial charge in [-0.15, -0.1) is 5.10 Å². The summed E-state index contributed by atoms with van der Waals surface area (Å²) in [6.07, 6.45) is 3.33. The zero-order chi connectivity index (χ0) is 20.0. The number of nitrogens with zero attached hydrogens (tertiary/aromatic N) is 3. The maximum atomic E-state index is 12.3. The lowest BCUT2D eigenvalue weighted by atomic mass is 10.3. The second-order valence-corrected chi connectivity index (χ2v) is 7.90. The molecule has 1 aromatic carbocycles. The number of hydrogen-bond acceptors (Lipinski definition) is 8. The molecule has 0 aliphatic rings. The van der Waals surface area contributed by atoms with E-state index in [1.54, 1.807) is 36.7 Å². The Labute approximate surface area is 161 Å². The average Bonchev–Trinajstić information content (AvgIpc) is 3.17. The zero-order valence-electron chi connectivity index (χ0n) is 15.0. The summed E-state index contributed by atoms with van der Waals surface area (Å²) in [6.45, 7) is 0. The molecule has 0 atom stereocenters. The molecule has 0 unspecified atom stereocenters. The van der Waals surface area contributed by atoms with Crippen LogP contribution in [0.2, 0.25) is 0 Å². The van der Waals surface area contributed by atoms with Crippen molar-refractivity contribution in [2.45, 2.75) is 17.7 Å². The monoisotopic (exact) mass is 402 g/mol. The number of amides is 1. The van der Waals surface area contributed by atoms with Crippen LogP contribution < -0.4 is 10.1 Å². The van der Waals surface area contributed by atoms with E-state index in [9.17, 15) is 13.2 Å². The van der Waals surface area contributed by atoms with Crippen LogP contribution in [-0.4, -0.2) is 42.4 Å². The number of rotatable bonds is 8. The molecule has 3 aromatic rings. The van der Waals surface area contributed by atoms with Crippen LogP contribution in [0.3, 0.4) is 0 Å². The summed E-state index contributed by atoms with van der Waals surface area (Å²) in [4.78, 5) is 16.1. The molecule has 2 heterocycles. The number of pyridine rings is 1. The van der Waals surface area contributed by atoms with Gasteiger partial charge in [0, 0.05) is 24.4 Å². The molecule has 0 fully saturated rings. The third-order valence-electron chi connectivity index (χ3n) is 3.83. The van der Waals surface area contributed by atoms with Crippen molar-refractivity contribution in [3.8, 4) is 17.2 Å². The first kappa shape index (κ1) is 19.5. The third-order valence-corrected chi connectivity index (χ3v) is 5.65. The van der Waals surface area contributed by atoms with E-state index in [1.165, 1.54) is 19.2 Å². The highest BCUT2D eigenvalue weighted by Crippen LogP contribution is 2.19. The summed E-state index contributed by atoms with van der Waals surface area (Å²) in [6, 6.07) is 9.47. The molecule has 0 saturated carbocycles. The normalized spacial score (nSPS) is 11.2. The van der Waals surface area contributed by atoms with Crippen LogP contribution in [0.15, 0.2) is 58.1 Å². The van der Waals surface area contributed by atoms with E-state index in [-0.39, 0.29) is 35.4 Å². The van der Waals surface area contributed by atoms with Crippen LogP contribution in [0.1, 0.15) is 12.8 Å². The van der Waals surface area contributed by atoms with Gasteiger partial charge in [0.25, 0.3) is 0 Å². The molecule has 0 aliphatic carbocycles. The van der Waals surface area contributed by atoms with Gasteiger partial charge in [-0.3, -0.25) is 15.1 Å². The lowest BCUT2D eigenvalue weighted by Crippen LogP contribution is -2.14. The van der Waals surface area contributed by atoms with Crippen molar-refractivity contribution >= 4 is 21.8 Å². The molecule has 0 aliphatic heterocycles. The van der Waals surface area contributed by atoms with Gasteiger partial charge in [-0.05, 0) is 42.8 Å². The van der Waals surface area contributed by atoms with Crippen LogP contribution in [0, 0.1) is 0 Å². The fourth-order valence-electron chi connectivity index (χ4n) is 2.39. The van der Waals surface area contributed by atoms with Crippen molar-refractivity contribution in [2.75, 3.05) is 18.2 Å². The van der Waals surface area contributed by atoms with E-state index in [1.807, 2.05) is 0 Å². The summed E-state index contributed by atoms with van der Waals surface area (Å²) in [7, 11) is -1.97. The molecule has 0 radical (unpaired) electrons. The number of nitrogens with one attached hydrogen (secondary N) is 1. The first-order chi connectivity index (χ1) is 13.5. The summed E-state index contributed by atoms with van der Waals surface area (Å²) >= 11 is 0. The summed E-state index contributed by atoms with van der Waals surface area (Å²) in [5.41, 5.74) is 0.675. The Bertz CT molecular complexity index is 1030. The predicted molar refractivity (Wildman–Crippen MR) is 100 cm³/mol. The molecular weight excluding hydrogens is 384 g/mol. The summed E-state index contributed by atoms with van der Waals surface area (Å²) in [5, 5.41) is 10.1. The SMILES string of the molecule is COc1ccc(S(=O)(=O)CCCC(=O)Nc2nnc(-c3ccncc3)o2)cc1. The van der Waals surface area contributed by atoms with Crippen molar-refractivity contribution in [1.29, 1.82) is 0 Å². The maximum Gasteiger partial charge on any atom is 0.322 e. The quantitative estimate of drug-likeness (QED) is 0.609. The Hall–Kier alpha value is -3.27. The maximum absolute atomic E-state index is 12.3. The van der Waals surface area contributed by atoms with Crippen molar-refractivity contribution in [1.82, 2.24) is 15.2 Å². The zero-order valence-corrected chi connectivity index (χ0v) is 15.8. The number of ether oxygens (including phenoxy) is 1. The van der Waals surface area contributed by atoms with E-state index in [0.717, 1.165) is 0 Å². The lowest BCUT2D eigenvalue weighted by molar-refractivity contribution is -0.116. The fourth-order valence-corrected chi connectivity index (χ4v) is 3.70. The summed E-state index contributed by atoms with van der Waals surface area (Å²) < 4.78 is 35.0. The number of sulfone groups is 1. The number of carbonyl (C=O) groups excluding carboxylic acids is 1. The van der Waals surface area contributed by atoms with Gasteiger partial charge in [0.05, 0.1) is 17.8 Å². The molecule has 9 nitrogen and oxygen atoms in total. The number of benzene rings is 1. The molecule has 1 amide bonds. The van der Waals surface area contributed by atoms with Crippen LogP contribution in [0.25, 0.3) is 11.5 Å². The molecule has 146 valence electrons. The van der Waals surface area contributed by atoms with Crippen molar-refractivity contribution in [3.05, 3.63) is 48.8 Å². The Morgan fingerprint density at radius 3 is 2.50 bits per heavy atom. The van der Waals surface area contributed by atoms with Gasteiger partial charge in [0.15, 0.2) is 9.84 Å². The van der Waals surface area contributed by atoms with Gasteiger partial charge in [-0.2, -0.15) is 0 Å². The summed E-state index contributed by atoms with van der Waals surface area (Å²) in [5.74, 6) is 0.262. The highest BCUT2D eigenvalue weighted by atomic mass is 32.2. The third kappa shape index (κ3) is 4.92. The Kier molecular flexibility index (Phi) is 5.99. The van der Waals surface area contributed by atoms with E-state index in [2.05, 4.69) is 20.5 Å². The molecule has 2 aromatic heterocycles. The molecule has 0 spiro atoms. The minimum Gasteiger partial charge on any atom is -0.497 e. The highest BCUT2D eigenvalue weighted by molar-refractivity contribution is 7.91. The predicted octanol–water partition coefficient (Wildman–Crippen LogP) is 2.33. The topological polar surface area (TPSA) is 124 Å². The van der Waals surface area contributed by atoms with E-state index < -0.39 is 15.7 Å². The number of carbonyl (C=O) groups is 1. The first-order valence-electron chi connectivity index (χ1n) is 8.38. The number of methoxy groups -OCH3 is 1. The standard InChI is InChI=1S/C18H18N4O5S/c1-26-14-4-6-15(7-5-14)28(24,25)12-2-3-16(23)20-18-22-21-17(27-18)13-8-10-19-11-9-13/h4-11H,2-3,12H2,1H3,(H,20,22,23). The minimum absolute atomic E-state index is 0.00234. The van der Waals surface area contributed by atoms with Crippen LogP contribution >= 0.6 is 0 Å². The van der Waals surface area contributed by atoms with Gasteiger partial charge in [0.1, 0.15) is 5.75 Å². The van der Waals surface area contributed by atoms with Crippen molar-refractivity contribution in [2.24, 2.45) is 0 Å². The molecule has 28 heavy (non-hydrogen) atoms. The van der Waals surface area contributed by atoms with Crippen LogP contribution in [-0.2, 0) is 14.6 Å². The van der Waals surface area contributed by atoms with Gasteiger partial charge in [-0.25, -0.2) is 8.42 Å². The van der Waals surface area contributed by atoms with Gasteiger partial charge in [0.2, 0.25) is 11.8 Å². The number of aromatic nitrogens is 3. The minimum atomic E-state index is -3.48. The Morgan fingerprint density at radius 2 is 1.82 bits per heavy atom. The van der Waals surface area contributed by atoms with Crippen molar-refractivity contribution < 1.29 is 22.4 Å². The molecule has 1 N–H and O–H groups in total. The fraction of sp³-hybridized carbons (Fsp3) is 0.222. The van der Waals surface area contributed by atoms with Crippen LogP contribution in [0.5, 0.6) is 5.75 Å². The van der Waals surface area contributed by atoms with Gasteiger partial charge < -0.3 is 9.15 Å². The number of hydrogen-bond donors (Lipinski definition) is 1. The van der Waals surface area contributed by atoms with E-state index in [4.69, 9.17) is 9.15 Å². The number of anilines is 1. The second-order valence-electron chi connectivity index (χ2n) is 5.79. The molecule has 0 bridgehead atoms. The van der Waals surface area contributed by atoms with E-state index in [0.29, 0.717) is 11.3 Å².